The Kier molecular flexibility index (Phi) is 3.24. The van der Waals surface area contributed by atoms with Gasteiger partial charge in [-0.15, -0.1) is 10.2 Å². The monoisotopic (exact) mass is 271 g/mol. The summed E-state index contributed by atoms with van der Waals surface area (Å²) >= 11 is 0. The molecule has 7 heteroatoms. The lowest BCUT2D eigenvalue weighted by Crippen LogP contribution is -1.94. The highest BCUT2D eigenvalue weighted by Gasteiger charge is 2.13. The first-order valence-corrected chi connectivity index (χ1v) is 6.25. The van der Waals surface area contributed by atoms with Crippen molar-refractivity contribution >= 4 is 0 Å². The van der Waals surface area contributed by atoms with E-state index in [9.17, 15) is 0 Å². The molecule has 0 aliphatic carbocycles. The van der Waals surface area contributed by atoms with E-state index >= 15 is 0 Å². The number of rotatable bonds is 4. The molecule has 3 heterocycles. The number of nitrogens with zero attached hydrogens (tertiary/aromatic N) is 5. The van der Waals surface area contributed by atoms with Gasteiger partial charge < -0.3 is 8.94 Å². The number of hydrogen-bond acceptors (Lipinski definition) is 7. The molecule has 102 valence electrons. The lowest BCUT2D eigenvalue weighted by atomic mass is 10.1. The van der Waals surface area contributed by atoms with Crippen molar-refractivity contribution in [3.05, 3.63) is 41.4 Å². The molecule has 0 saturated carbocycles. The molecule has 3 aromatic heterocycles. The summed E-state index contributed by atoms with van der Waals surface area (Å²) in [5, 5.41) is 11.9. The molecule has 0 aromatic carbocycles. The van der Waals surface area contributed by atoms with E-state index in [4.69, 9.17) is 8.94 Å². The molecule has 0 atom stereocenters. The number of hydrogen-bond donors (Lipinski definition) is 0. The zero-order valence-electron chi connectivity index (χ0n) is 11.2. The van der Waals surface area contributed by atoms with E-state index in [1.165, 1.54) is 0 Å². The van der Waals surface area contributed by atoms with Gasteiger partial charge in [-0.05, 0) is 26.3 Å². The highest BCUT2D eigenvalue weighted by Crippen LogP contribution is 2.17. The molecule has 3 rings (SSSR count). The Bertz CT molecular complexity index is 685. The Labute approximate surface area is 115 Å². The van der Waals surface area contributed by atoms with E-state index in [0.29, 0.717) is 24.0 Å². The second-order valence-electron chi connectivity index (χ2n) is 4.38. The summed E-state index contributed by atoms with van der Waals surface area (Å²) < 4.78 is 10.7. The standard InChI is InChI=1S/C13H13N5O2/c1-8-10(9(2)20-18-8)4-5-11-16-17-13(19-11)12-14-6-3-7-15-12/h3,6-7H,4-5H2,1-2H3. The molecule has 0 fully saturated rings. The van der Waals surface area contributed by atoms with Crippen LogP contribution in [0.25, 0.3) is 11.7 Å². The number of aryl methyl sites for hydroxylation is 3. The second-order valence-corrected chi connectivity index (χ2v) is 4.38. The minimum absolute atomic E-state index is 0.333. The molecule has 0 saturated heterocycles. The van der Waals surface area contributed by atoms with E-state index in [1.54, 1.807) is 18.5 Å². The van der Waals surface area contributed by atoms with Crippen molar-refractivity contribution in [2.75, 3.05) is 0 Å². The van der Waals surface area contributed by atoms with Crippen LogP contribution in [0.4, 0.5) is 0 Å². The third-order valence-corrected chi connectivity index (χ3v) is 2.99. The maximum Gasteiger partial charge on any atom is 0.285 e. The van der Waals surface area contributed by atoms with Crippen molar-refractivity contribution in [3.63, 3.8) is 0 Å². The Morgan fingerprint density at radius 1 is 1.05 bits per heavy atom. The normalized spacial score (nSPS) is 10.9. The van der Waals surface area contributed by atoms with Gasteiger partial charge in [-0.25, -0.2) is 9.97 Å². The van der Waals surface area contributed by atoms with Gasteiger partial charge in [-0.1, -0.05) is 5.16 Å². The first-order valence-electron chi connectivity index (χ1n) is 6.25. The maximum atomic E-state index is 5.55. The Hall–Kier alpha value is -2.57. The Morgan fingerprint density at radius 2 is 1.85 bits per heavy atom. The summed E-state index contributed by atoms with van der Waals surface area (Å²) in [5.41, 5.74) is 1.98. The van der Waals surface area contributed by atoms with Gasteiger partial charge >= 0.3 is 0 Å². The van der Waals surface area contributed by atoms with Crippen LogP contribution in [-0.2, 0) is 12.8 Å². The molecule has 7 nitrogen and oxygen atoms in total. The van der Waals surface area contributed by atoms with Gasteiger partial charge in [-0.2, -0.15) is 0 Å². The molecule has 3 aromatic rings. The fraction of sp³-hybridized carbons (Fsp3) is 0.308. The summed E-state index contributed by atoms with van der Waals surface area (Å²) in [5.74, 6) is 2.14. The van der Waals surface area contributed by atoms with E-state index in [1.807, 2.05) is 13.8 Å². The van der Waals surface area contributed by atoms with Gasteiger partial charge in [0, 0.05) is 24.4 Å². The SMILES string of the molecule is Cc1noc(C)c1CCc1nnc(-c2ncccn2)o1. The highest BCUT2D eigenvalue weighted by atomic mass is 16.5. The Balaban J connectivity index is 1.72. The van der Waals surface area contributed by atoms with Crippen LogP contribution in [0.15, 0.2) is 27.4 Å². The zero-order chi connectivity index (χ0) is 13.9. The lowest BCUT2D eigenvalue weighted by molar-refractivity contribution is 0.392. The smallest absolute Gasteiger partial charge is 0.285 e. The van der Waals surface area contributed by atoms with Crippen molar-refractivity contribution < 1.29 is 8.94 Å². The quantitative estimate of drug-likeness (QED) is 0.715. The van der Waals surface area contributed by atoms with Crippen molar-refractivity contribution in [3.8, 4) is 11.7 Å². The largest absolute Gasteiger partial charge is 0.418 e. The fourth-order valence-corrected chi connectivity index (χ4v) is 1.95. The van der Waals surface area contributed by atoms with Gasteiger partial charge in [-0.3, -0.25) is 0 Å². The van der Waals surface area contributed by atoms with E-state index in [2.05, 4.69) is 25.3 Å². The molecule has 0 aliphatic heterocycles. The molecule has 0 amide bonds. The minimum atomic E-state index is 0.333. The molecular formula is C13H13N5O2. The van der Waals surface area contributed by atoms with Gasteiger partial charge in [0.05, 0.1) is 5.69 Å². The van der Waals surface area contributed by atoms with Crippen LogP contribution < -0.4 is 0 Å². The molecule has 0 aliphatic rings. The molecule has 0 spiro atoms. The van der Waals surface area contributed by atoms with Crippen LogP contribution >= 0.6 is 0 Å². The van der Waals surface area contributed by atoms with E-state index < -0.39 is 0 Å². The van der Waals surface area contributed by atoms with Crippen LogP contribution in [0.2, 0.25) is 0 Å². The molecule has 0 N–H and O–H groups in total. The van der Waals surface area contributed by atoms with Crippen LogP contribution in [0, 0.1) is 13.8 Å². The maximum absolute atomic E-state index is 5.55. The summed E-state index contributed by atoms with van der Waals surface area (Å²) in [7, 11) is 0. The third kappa shape index (κ3) is 2.42. The number of aromatic nitrogens is 5. The second kappa shape index (κ2) is 5.20. The average Bonchev–Trinajstić information content (AvgIpc) is 3.06. The van der Waals surface area contributed by atoms with E-state index in [-0.39, 0.29) is 0 Å². The summed E-state index contributed by atoms with van der Waals surface area (Å²) in [6.45, 7) is 3.81. The van der Waals surface area contributed by atoms with Gasteiger partial charge in [0.15, 0.2) is 0 Å². The lowest BCUT2D eigenvalue weighted by Gasteiger charge is -1.96. The Morgan fingerprint density at radius 3 is 2.55 bits per heavy atom. The van der Waals surface area contributed by atoms with Crippen LogP contribution in [-0.4, -0.2) is 25.3 Å². The van der Waals surface area contributed by atoms with Gasteiger partial charge in [0.1, 0.15) is 5.76 Å². The first-order chi connectivity index (χ1) is 9.74. The van der Waals surface area contributed by atoms with Gasteiger partial charge in [0.25, 0.3) is 5.89 Å². The van der Waals surface area contributed by atoms with Crippen LogP contribution in [0.3, 0.4) is 0 Å². The summed E-state index contributed by atoms with van der Waals surface area (Å²) in [6, 6.07) is 1.73. The summed E-state index contributed by atoms with van der Waals surface area (Å²) in [6.07, 6.45) is 4.65. The average molecular weight is 271 g/mol. The third-order valence-electron chi connectivity index (χ3n) is 2.99. The molecule has 0 radical (unpaired) electrons. The predicted octanol–water partition coefficient (Wildman–Crippen LogP) is 1.92. The topological polar surface area (TPSA) is 90.7 Å². The van der Waals surface area contributed by atoms with Crippen molar-refractivity contribution in [2.45, 2.75) is 26.7 Å². The molecular weight excluding hydrogens is 258 g/mol. The highest BCUT2D eigenvalue weighted by molar-refractivity contribution is 5.37. The fourth-order valence-electron chi connectivity index (χ4n) is 1.95. The molecule has 0 unspecified atom stereocenters. The van der Waals surface area contributed by atoms with Gasteiger partial charge in [0.2, 0.25) is 11.7 Å². The van der Waals surface area contributed by atoms with E-state index in [0.717, 1.165) is 23.4 Å². The minimum Gasteiger partial charge on any atom is -0.418 e. The molecule has 20 heavy (non-hydrogen) atoms. The van der Waals surface area contributed by atoms with Crippen molar-refractivity contribution in [1.29, 1.82) is 0 Å². The zero-order valence-corrected chi connectivity index (χ0v) is 11.2. The predicted molar refractivity (Wildman–Crippen MR) is 68.7 cm³/mol. The van der Waals surface area contributed by atoms with Crippen LogP contribution in [0.1, 0.15) is 22.9 Å². The van der Waals surface area contributed by atoms with Crippen LogP contribution in [0.5, 0.6) is 0 Å². The van der Waals surface area contributed by atoms with Crippen molar-refractivity contribution in [1.82, 2.24) is 25.3 Å². The molecule has 0 bridgehead atoms. The van der Waals surface area contributed by atoms with Crippen molar-refractivity contribution in [2.24, 2.45) is 0 Å². The summed E-state index contributed by atoms with van der Waals surface area (Å²) in [4.78, 5) is 8.14. The first kappa shape index (κ1) is 12.5.